The molecule has 1 aliphatic rings. The third-order valence-corrected chi connectivity index (χ3v) is 4.21. The molecule has 1 fully saturated rings. The molecule has 1 heterocycles. The van der Waals surface area contributed by atoms with E-state index >= 15 is 0 Å². The highest BCUT2D eigenvalue weighted by Gasteiger charge is 2.18. The second-order valence-corrected chi connectivity index (χ2v) is 6.10. The zero-order chi connectivity index (χ0) is 13.8. The Balaban J connectivity index is 2.24. The molecule has 0 aromatic heterocycles. The Morgan fingerprint density at radius 3 is 2.74 bits per heavy atom. The van der Waals surface area contributed by atoms with E-state index in [-0.39, 0.29) is 0 Å². The molecular formula is C16H24ClNO. The maximum Gasteiger partial charge on any atom is 0.137 e. The minimum absolute atomic E-state index is 0.491. The van der Waals surface area contributed by atoms with E-state index in [0.29, 0.717) is 12.0 Å². The molecule has 2 nitrogen and oxygen atoms in total. The van der Waals surface area contributed by atoms with Crippen LogP contribution < -0.4 is 10.1 Å². The van der Waals surface area contributed by atoms with Crippen LogP contribution in [0, 0.1) is 0 Å². The minimum atomic E-state index is 0.491. The van der Waals surface area contributed by atoms with Crippen LogP contribution in [0.25, 0.3) is 0 Å². The Morgan fingerprint density at radius 2 is 2.16 bits per heavy atom. The van der Waals surface area contributed by atoms with Crippen molar-refractivity contribution in [2.75, 3.05) is 13.7 Å². The lowest BCUT2D eigenvalue weighted by Crippen LogP contribution is -2.35. The lowest BCUT2D eigenvalue weighted by atomic mass is 9.90. The van der Waals surface area contributed by atoms with Crippen molar-refractivity contribution in [1.82, 2.24) is 5.32 Å². The van der Waals surface area contributed by atoms with Gasteiger partial charge in [0.25, 0.3) is 0 Å². The summed E-state index contributed by atoms with van der Waals surface area (Å²) in [5, 5.41) is 4.33. The maximum absolute atomic E-state index is 6.28. The summed E-state index contributed by atoms with van der Waals surface area (Å²) < 4.78 is 5.33. The summed E-state index contributed by atoms with van der Waals surface area (Å²) in [7, 11) is 1.67. The fourth-order valence-electron chi connectivity index (χ4n) is 2.84. The highest BCUT2D eigenvalue weighted by atomic mass is 35.5. The zero-order valence-corrected chi connectivity index (χ0v) is 12.9. The van der Waals surface area contributed by atoms with Crippen LogP contribution in [-0.4, -0.2) is 19.7 Å². The van der Waals surface area contributed by atoms with Gasteiger partial charge in [0.05, 0.1) is 12.1 Å². The fourth-order valence-corrected chi connectivity index (χ4v) is 3.11. The predicted octanol–water partition coefficient (Wildman–Crippen LogP) is 4.16. The molecule has 1 N–H and O–H groups in total. The van der Waals surface area contributed by atoms with Gasteiger partial charge in [-0.15, -0.1) is 0 Å². The van der Waals surface area contributed by atoms with Crippen LogP contribution in [0.1, 0.15) is 50.2 Å². The second-order valence-electron chi connectivity index (χ2n) is 5.69. The molecule has 19 heavy (non-hydrogen) atoms. The highest BCUT2D eigenvalue weighted by molar-refractivity contribution is 6.32. The first-order valence-electron chi connectivity index (χ1n) is 7.21. The van der Waals surface area contributed by atoms with E-state index in [4.69, 9.17) is 16.3 Å². The number of hydrogen-bond donors (Lipinski definition) is 1. The topological polar surface area (TPSA) is 21.3 Å². The van der Waals surface area contributed by atoms with E-state index in [2.05, 4.69) is 31.3 Å². The molecule has 0 spiro atoms. The quantitative estimate of drug-likeness (QED) is 0.895. The Morgan fingerprint density at radius 1 is 1.37 bits per heavy atom. The van der Waals surface area contributed by atoms with Crippen molar-refractivity contribution in [1.29, 1.82) is 0 Å². The van der Waals surface area contributed by atoms with E-state index < -0.39 is 0 Å². The number of methoxy groups -OCH3 is 1. The lowest BCUT2D eigenvalue weighted by molar-refractivity contribution is 0.397. The molecule has 0 radical (unpaired) electrons. The van der Waals surface area contributed by atoms with Crippen molar-refractivity contribution in [3.05, 3.63) is 28.3 Å². The van der Waals surface area contributed by atoms with Crippen LogP contribution in [0.15, 0.2) is 12.1 Å². The Bertz CT molecular complexity index is 425. The average Bonchev–Trinajstić information content (AvgIpc) is 2.39. The van der Waals surface area contributed by atoms with Gasteiger partial charge in [-0.2, -0.15) is 0 Å². The molecule has 1 unspecified atom stereocenters. The van der Waals surface area contributed by atoms with Gasteiger partial charge < -0.3 is 10.1 Å². The summed E-state index contributed by atoms with van der Waals surface area (Å²) in [5.41, 5.74) is 2.72. The standard InChI is InChI=1S/C16H24ClNO/c1-11(2)14-10-16(19-3)15(17)9-12(14)8-13-6-4-5-7-18-13/h9-11,13,18H,4-8H2,1-3H3. The molecular weight excluding hydrogens is 258 g/mol. The van der Waals surface area contributed by atoms with E-state index in [9.17, 15) is 0 Å². The summed E-state index contributed by atoms with van der Waals surface area (Å²) in [6, 6.07) is 4.78. The van der Waals surface area contributed by atoms with Crippen molar-refractivity contribution >= 4 is 11.6 Å². The highest BCUT2D eigenvalue weighted by Crippen LogP contribution is 2.33. The van der Waals surface area contributed by atoms with Gasteiger partial charge >= 0.3 is 0 Å². The van der Waals surface area contributed by atoms with Gasteiger partial charge in [0.2, 0.25) is 0 Å². The van der Waals surface area contributed by atoms with Gasteiger partial charge in [0, 0.05) is 6.04 Å². The van der Waals surface area contributed by atoms with E-state index in [1.165, 1.54) is 30.4 Å². The Labute approximate surface area is 121 Å². The summed E-state index contributed by atoms with van der Waals surface area (Å²) >= 11 is 6.28. The summed E-state index contributed by atoms with van der Waals surface area (Å²) in [6.45, 7) is 5.59. The monoisotopic (exact) mass is 281 g/mol. The molecule has 2 rings (SSSR count). The first kappa shape index (κ1) is 14.7. The van der Waals surface area contributed by atoms with Crippen LogP contribution in [0.3, 0.4) is 0 Å². The van der Waals surface area contributed by atoms with Gasteiger partial charge in [-0.1, -0.05) is 31.9 Å². The molecule has 106 valence electrons. The van der Waals surface area contributed by atoms with Crippen molar-refractivity contribution in [2.45, 2.75) is 51.5 Å². The minimum Gasteiger partial charge on any atom is -0.495 e. The number of hydrogen-bond acceptors (Lipinski definition) is 2. The third kappa shape index (κ3) is 3.64. The van der Waals surface area contributed by atoms with Crippen molar-refractivity contribution in [3.8, 4) is 5.75 Å². The largest absolute Gasteiger partial charge is 0.495 e. The summed E-state index contributed by atoms with van der Waals surface area (Å²) in [4.78, 5) is 0. The van der Waals surface area contributed by atoms with Crippen LogP contribution in [0.4, 0.5) is 0 Å². The number of halogens is 1. The Kier molecular flexibility index (Phi) is 5.12. The van der Waals surface area contributed by atoms with E-state index in [1.54, 1.807) is 7.11 Å². The number of rotatable bonds is 4. The SMILES string of the molecule is COc1cc(C(C)C)c(CC2CCCCN2)cc1Cl. The molecule has 0 aliphatic carbocycles. The number of nitrogens with one attached hydrogen (secondary N) is 1. The van der Waals surface area contributed by atoms with Gasteiger partial charge in [-0.25, -0.2) is 0 Å². The number of piperidine rings is 1. The molecule has 1 aromatic rings. The summed E-state index contributed by atoms with van der Waals surface area (Å²) in [6.07, 6.45) is 4.97. The smallest absolute Gasteiger partial charge is 0.137 e. The molecule has 1 aliphatic heterocycles. The van der Waals surface area contributed by atoms with Crippen molar-refractivity contribution < 1.29 is 4.74 Å². The average molecular weight is 282 g/mol. The number of benzene rings is 1. The van der Waals surface area contributed by atoms with Crippen molar-refractivity contribution in [2.24, 2.45) is 0 Å². The first-order valence-corrected chi connectivity index (χ1v) is 7.59. The van der Waals surface area contributed by atoms with Gasteiger partial charge in [-0.05, 0) is 55.0 Å². The molecule has 0 bridgehead atoms. The molecule has 3 heteroatoms. The fraction of sp³-hybridized carbons (Fsp3) is 0.625. The van der Waals surface area contributed by atoms with Crippen LogP contribution >= 0.6 is 11.6 Å². The van der Waals surface area contributed by atoms with Crippen LogP contribution in [0.5, 0.6) is 5.75 Å². The second kappa shape index (κ2) is 6.62. The molecule has 1 aromatic carbocycles. The third-order valence-electron chi connectivity index (χ3n) is 3.91. The molecule has 1 saturated heterocycles. The van der Waals surface area contributed by atoms with Crippen molar-refractivity contribution in [3.63, 3.8) is 0 Å². The normalized spacial score (nSPS) is 19.7. The molecule has 0 amide bonds. The first-order chi connectivity index (χ1) is 9.11. The summed E-state index contributed by atoms with van der Waals surface area (Å²) in [5.74, 6) is 1.27. The maximum atomic E-state index is 6.28. The molecule has 1 atom stereocenters. The van der Waals surface area contributed by atoms with Gasteiger partial charge in [-0.3, -0.25) is 0 Å². The predicted molar refractivity (Wildman–Crippen MR) is 81.4 cm³/mol. The van der Waals surface area contributed by atoms with Gasteiger partial charge in [0.1, 0.15) is 5.75 Å². The van der Waals surface area contributed by atoms with Crippen LogP contribution in [-0.2, 0) is 6.42 Å². The zero-order valence-electron chi connectivity index (χ0n) is 12.1. The van der Waals surface area contributed by atoms with Gasteiger partial charge in [0.15, 0.2) is 0 Å². The lowest BCUT2D eigenvalue weighted by Gasteiger charge is -2.25. The Hall–Kier alpha value is -0.730. The van der Waals surface area contributed by atoms with E-state index in [0.717, 1.165) is 23.7 Å². The number of ether oxygens (including phenoxy) is 1. The van der Waals surface area contributed by atoms with E-state index in [1.807, 2.05) is 0 Å². The molecule has 0 saturated carbocycles. The van der Waals surface area contributed by atoms with Crippen LogP contribution in [0.2, 0.25) is 5.02 Å².